The van der Waals surface area contributed by atoms with Crippen LogP contribution in [0.15, 0.2) is 18.2 Å². The van der Waals surface area contributed by atoms with Crippen molar-refractivity contribution in [3.05, 3.63) is 29.6 Å². The normalized spacial score (nSPS) is 30.5. The first-order valence-electron chi connectivity index (χ1n) is 10.8. The molecular formula is C21H35Cl2MnN5-2. The van der Waals surface area contributed by atoms with Crippen LogP contribution in [0.25, 0.3) is 0 Å². The maximum Gasteiger partial charge on any atom is 0.0545 e. The average Bonchev–Trinajstić information content (AvgIpc) is 2.69. The SMILES string of the molecule is [Cl-].[Cl-].[Mn].c1cc2nc(c1)CN[C@@H]1CCCC[C@H]1NCCN[C@@H]1CCCC[C@H]1NC2. The molecule has 4 atom stereocenters. The Morgan fingerprint density at radius 2 is 1.00 bits per heavy atom. The molecule has 2 fully saturated rings. The fourth-order valence-corrected chi connectivity index (χ4v) is 4.95. The summed E-state index contributed by atoms with van der Waals surface area (Å²) in [5.41, 5.74) is 2.34. The van der Waals surface area contributed by atoms with Gasteiger partial charge in [-0.2, -0.15) is 0 Å². The molecule has 4 N–H and O–H groups in total. The predicted octanol–water partition coefficient (Wildman–Crippen LogP) is -3.92. The zero-order chi connectivity index (χ0) is 17.6. The first-order valence-corrected chi connectivity index (χ1v) is 10.8. The van der Waals surface area contributed by atoms with Crippen LogP contribution in [0.3, 0.4) is 0 Å². The average molecular weight is 483 g/mol. The van der Waals surface area contributed by atoms with Crippen LogP contribution >= 0.6 is 0 Å². The molecule has 1 aromatic heterocycles. The van der Waals surface area contributed by atoms with E-state index in [2.05, 4.69) is 39.5 Å². The summed E-state index contributed by atoms with van der Waals surface area (Å²) in [4.78, 5) is 4.89. The van der Waals surface area contributed by atoms with Gasteiger partial charge in [-0.25, -0.2) is 0 Å². The molecule has 167 valence electrons. The topological polar surface area (TPSA) is 61.0 Å². The van der Waals surface area contributed by atoms with E-state index in [9.17, 15) is 0 Å². The first kappa shape index (κ1) is 27.1. The summed E-state index contributed by atoms with van der Waals surface area (Å²) in [6, 6.07) is 8.81. The number of hydrogen-bond acceptors (Lipinski definition) is 5. The van der Waals surface area contributed by atoms with Crippen LogP contribution in [0.5, 0.6) is 0 Å². The van der Waals surface area contributed by atoms with Crippen molar-refractivity contribution in [1.82, 2.24) is 26.3 Å². The van der Waals surface area contributed by atoms with Crippen LogP contribution in [-0.4, -0.2) is 42.2 Å². The molecule has 5 nitrogen and oxygen atoms in total. The van der Waals surface area contributed by atoms with Crippen LogP contribution < -0.4 is 46.1 Å². The fourth-order valence-electron chi connectivity index (χ4n) is 4.95. The summed E-state index contributed by atoms with van der Waals surface area (Å²) >= 11 is 0. The van der Waals surface area contributed by atoms with Gasteiger partial charge in [-0.1, -0.05) is 31.7 Å². The van der Waals surface area contributed by atoms with Gasteiger partial charge in [-0.3, -0.25) is 4.98 Å². The third-order valence-electron chi connectivity index (χ3n) is 6.43. The maximum absolute atomic E-state index is 4.89. The number of fused-ring (bicyclic) bond motifs is 4. The Labute approximate surface area is 199 Å². The minimum absolute atomic E-state index is 0. The number of nitrogens with one attached hydrogen (secondary N) is 4. The monoisotopic (exact) mass is 482 g/mol. The predicted molar refractivity (Wildman–Crippen MR) is 106 cm³/mol. The van der Waals surface area contributed by atoms with Gasteiger partial charge in [0, 0.05) is 67.4 Å². The summed E-state index contributed by atoms with van der Waals surface area (Å²) in [7, 11) is 0. The molecule has 8 heteroatoms. The minimum atomic E-state index is 0. The molecule has 1 radical (unpaired) electrons. The van der Waals surface area contributed by atoms with Crippen molar-refractivity contribution in [3.63, 3.8) is 0 Å². The fraction of sp³-hybridized carbons (Fsp3) is 0.762. The number of halogens is 2. The molecule has 0 aromatic carbocycles. The van der Waals surface area contributed by atoms with Crippen molar-refractivity contribution >= 4 is 0 Å². The number of pyridine rings is 1. The number of hydrogen-bond donors (Lipinski definition) is 4. The molecule has 29 heavy (non-hydrogen) atoms. The van der Waals surface area contributed by atoms with E-state index < -0.39 is 0 Å². The molecule has 0 spiro atoms. The van der Waals surface area contributed by atoms with Crippen LogP contribution in [0.1, 0.15) is 62.8 Å². The van der Waals surface area contributed by atoms with Gasteiger partial charge in [0.15, 0.2) is 0 Å². The van der Waals surface area contributed by atoms with E-state index >= 15 is 0 Å². The molecule has 3 aliphatic rings. The van der Waals surface area contributed by atoms with Gasteiger partial charge in [0.1, 0.15) is 0 Å². The largest absolute Gasteiger partial charge is 1.00 e. The molecule has 1 aromatic rings. The van der Waals surface area contributed by atoms with Crippen molar-refractivity contribution in [1.29, 1.82) is 0 Å². The Hall–Kier alpha value is 0.0895. The van der Waals surface area contributed by atoms with Gasteiger partial charge in [-0.15, -0.1) is 0 Å². The molecule has 0 saturated heterocycles. The Kier molecular flexibility index (Phi) is 13.3. The van der Waals surface area contributed by atoms with Crippen molar-refractivity contribution < 1.29 is 41.9 Å². The smallest absolute Gasteiger partial charge is 0.0545 e. The first-order chi connectivity index (χ1) is 12.9. The Bertz CT molecular complexity index is 535. The van der Waals surface area contributed by atoms with Crippen LogP contribution in [0, 0.1) is 0 Å². The van der Waals surface area contributed by atoms with Gasteiger partial charge >= 0.3 is 0 Å². The summed E-state index contributed by atoms with van der Waals surface area (Å²) in [6.07, 6.45) is 10.5. The van der Waals surface area contributed by atoms with Crippen molar-refractivity contribution in [2.75, 3.05) is 13.1 Å². The molecule has 0 amide bonds. The standard InChI is InChI=1S/C21H35N5.2ClH.Mn/c1-3-10-20-18(8-1)22-12-13-23-19-9-2-4-11-21(19)25-15-17-7-5-6-16(26-17)14-24-20;;;/h5-7,18-25H,1-4,8-15H2;2*1H;/p-2/t18-,19-,20-,21-;;;/m1.../s1. The zero-order valence-corrected chi connectivity index (χ0v) is 19.8. The van der Waals surface area contributed by atoms with Gasteiger partial charge in [0.25, 0.3) is 0 Å². The number of nitrogens with zero attached hydrogens (tertiary/aromatic N) is 1. The van der Waals surface area contributed by atoms with Crippen molar-refractivity contribution in [2.24, 2.45) is 0 Å². The molecule has 2 saturated carbocycles. The molecule has 2 bridgehead atoms. The zero-order valence-electron chi connectivity index (χ0n) is 17.1. The van der Waals surface area contributed by atoms with Gasteiger partial charge in [0.2, 0.25) is 0 Å². The molecule has 0 unspecified atom stereocenters. The van der Waals surface area contributed by atoms with E-state index in [1.807, 2.05) is 0 Å². The van der Waals surface area contributed by atoms with Gasteiger partial charge < -0.3 is 46.1 Å². The van der Waals surface area contributed by atoms with Crippen LogP contribution in [0.4, 0.5) is 0 Å². The second kappa shape index (κ2) is 14.2. The van der Waals surface area contributed by atoms with Gasteiger partial charge in [-0.05, 0) is 37.8 Å². The van der Waals surface area contributed by atoms with E-state index in [1.165, 1.54) is 62.8 Å². The van der Waals surface area contributed by atoms with Crippen molar-refractivity contribution in [3.8, 4) is 0 Å². The maximum atomic E-state index is 4.89. The van der Waals surface area contributed by atoms with E-state index in [0.29, 0.717) is 24.2 Å². The third-order valence-corrected chi connectivity index (χ3v) is 6.43. The third kappa shape index (κ3) is 7.93. The van der Waals surface area contributed by atoms with Crippen LogP contribution in [0.2, 0.25) is 0 Å². The second-order valence-electron chi connectivity index (χ2n) is 8.29. The molecule has 2 heterocycles. The second-order valence-corrected chi connectivity index (χ2v) is 8.29. The summed E-state index contributed by atoms with van der Waals surface area (Å²) in [5.74, 6) is 0. The molecule has 2 aliphatic carbocycles. The van der Waals surface area contributed by atoms with E-state index in [0.717, 1.165) is 26.2 Å². The van der Waals surface area contributed by atoms with Crippen molar-refractivity contribution in [2.45, 2.75) is 88.6 Å². The summed E-state index contributed by atoms with van der Waals surface area (Å²) in [5, 5.41) is 15.2. The van der Waals surface area contributed by atoms with Gasteiger partial charge in [0.05, 0.1) is 11.4 Å². The Morgan fingerprint density at radius 3 is 1.41 bits per heavy atom. The number of rotatable bonds is 0. The molecule has 1 aliphatic heterocycles. The summed E-state index contributed by atoms with van der Waals surface area (Å²) in [6.45, 7) is 3.89. The van der Waals surface area contributed by atoms with E-state index in [4.69, 9.17) is 4.98 Å². The van der Waals surface area contributed by atoms with Crippen LogP contribution in [-0.2, 0) is 30.2 Å². The molecular weight excluding hydrogens is 448 g/mol. The minimum Gasteiger partial charge on any atom is -1.00 e. The number of aromatic nitrogens is 1. The van der Waals surface area contributed by atoms with E-state index in [1.54, 1.807) is 0 Å². The molecule has 4 rings (SSSR count). The quantitative estimate of drug-likeness (QED) is 0.285. The van der Waals surface area contributed by atoms with E-state index in [-0.39, 0.29) is 41.9 Å². The Balaban J connectivity index is 0.00000140. The summed E-state index contributed by atoms with van der Waals surface area (Å²) < 4.78 is 0. The Morgan fingerprint density at radius 1 is 0.621 bits per heavy atom.